The molecule has 1 amide bonds. The van der Waals surface area contributed by atoms with Gasteiger partial charge < -0.3 is 19.5 Å². The largest absolute Gasteiger partial charge is 0.493 e. The van der Waals surface area contributed by atoms with Crippen molar-refractivity contribution < 1.29 is 19.4 Å². The number of piperidine rings is 1. The third kappa shape index (κ3) is 3.97. The summed E-state index contributed by atoms with van der Waals surface area (Å²) in [5.41, 5.74) is 0.463. The van der Waals surface area contributed by atoms with Crippen LogP contribution in [0.15, 0.2) is 18.2 Å². The van der Waals surface area contributed by atoms with E-state index in [-0.39, 0.29) is 17.9 Å². The molecule has 2 aliphatic heterocycles. The van der Waals surface area contributed by atoms with Gasteiger partial charge >= 0.3 is 0 Å². The second-order valence-electron chi connectivity index (χ2n) is 8.82. The van der Waals surface area contributed by atoms with Gasteiger partial charge in [0.1, 0.15) is 0 Å². The molecule has 1 aromatic rings. The second-order valence-corrected chi connectivity index (χ2v) is 8.82. The molecule has 0 spiro atoms. The van der Waals surface area contributed by atoms with Gasteiger partial charge in [-0.3, -0.25) is 9.69 Å². The summed E-state index contributed by atoms with van der Waals surface area (Å²) in [6.07, 6.45) is 7.01. The van der Waals surface area contributed by atoms with Crippen molar-refractivity contribution >= 4 is 5.91 Å². The summed E-state index contributed by atoms with van der Waals surface area (Å²) in [6, 6.07) is 6.04. The number of fused-ring (bicyclic) bond motifs is 1. The summed E-state index contributed by atoms with van der Waals surface area (Å²) >= 11 is 0. The smallest absolute Gasteiger partial charge is 0.236 e. The van der Waals surface area contributed by atoms with Gasteiger partial charge in [-0.05, 0) is 49.8 Å². The lowest BCUT2D eigenvalue weighted by atomic mass is 9.66. The molecule has 6 heteroatoms. The molecule has 0 radical (unpaired) electrons. The molecule has 0 aromatic heterocycles. The normalized spacial score (nSPS) is 30.1. The van der Waals surface area contributed by atoms with Gasteiger partial charge in [0, 0.05) is 31.6 Å². The summed E-state index contributed by atoms with van der Waals surface area (Å²) in [6.45, 7) is 2.92. The topological polar surface area (TPSA) is 62.2 Å². The van der Waals surface area contributed by atoms with E-state index < -0.39 is 5.60 Å². The van der Waals surface area contributed by atoms with Crippen LogP contribution < -0.4 is 9.47 Å². The Hall–Kier alpha value is -1.79. The minimum absolute atomic E-state index is 0.0143. The first-order valence-corrected chi connectivity index (χ1v) is 11.0. The van der Waals surface area contributed by atoms with Crippen LogP contribution >= 0.6 is 0 Å². The van der Waals surface area contributed by atoms with Crippen LogP contribution in [0.5, 0.6) is 11.5 Å². The Bertz CT molecular complexity index is 734. The van der Waals surface area contributed by atoms with Crippen LogP contribution in [0, 0.1) is 5.92 Å². The van der Waals surface area contributed by atoms with E-state index in [0.29, 0.717) is 18.0 Å². The number of ether oxygens (including phenoxy) is 2. The van der Waals surface area contributed by atoms with Crippen molar-refractivity contribution in [3.63, 3.8) is 0 Å². The van der Waals surface area contributed by atoms with E-state index in [2.05, 4.69) is 11.0 Å². The maximum absolute atomic E-state index is 12.9. The third-order valence-corrected chi connectivity index (χ3v) is 7.22. The predicted octanol–water partition coefficient (Wildman–Crippen LogP) is 2.99. The fourth-order valence-electron chi connectivity index (χ4n) is 5.64. The number of carbonyl (C=O) groups is 1. The summed E-state index contributed by atoms with van der Waals surface area (Å²) in [4.78, 5) is 17.2. The molecular formula is C23H34N2O4. The van der Waals surface area contributed by atoms with Crippen molar-refractivity contribution in [1.29, 1.82) is 0 Å². The Morgan fingerprint density at radius 3 is 2.55 bits per heavy atom. The highest BCUT2D eigenvalue weighted by Crippen LogP contribution is 2.50. The lowest BCUT2D eigenvalue weighted by molar-refractivity contribution is -0.144. The zero-order valence-corrected chi connectivity index (χ0v) is 17.7. The van der Waals surface area contributed by atoms with Crippen LogP contribution in [-0.2, 0) is 4.79 Å². The molecule has 1 saturated carbocycles. The Morgan fingerprint density at radius 1 is 1.07 bits per heavy atom. The Balaban J connectivity index is 1.65. The fraction of sp³-hybridized carbons (Fsp3) is 0.696. The monoisotopic (exact) mass is 402 g/mol. The molecule has 3 fully saturated rings. The minimum Gasteiger partial charge on any atom is -0.493 e. The van der Waals surface area contributed by atoms with E-state index in [1.807, 2.05) is 17.0 Å². The molecule has 1 aromatic carbocycles. The van der Waals surface area contributed by atoms with E-state index in [1.165, 1.54) is 0 Å². The molecule has 1 N–H and O–H groups in total. The zero-order valence-electron chi connectivity index (χ0n) is 17.7. The molecule has 29 heavy (non-hydrogen) atoms. The molecule has 3 aliphatic rings. The first kappa shape index (κ1) is 20.5. The molecular weight excluding hydrogens is 368 g/mol. The molecule has 4 rings (SSSR count). The Labute approximate surface area is 173 Å². The van der Waals surface area contributed by atoms with Crippen LogP contribution in [-0.4, -0.2) is 66.8 Å². The van der Waals surface area contributed by atoms with Crippen molar-refractivity contribution in [1.82, 2.24) is 9.80 Å². The SMILES string of the molecule is COc1ccc([C@H]2[C@@H]3CCCC[C@]3(O)CCN2CC(=O)N2CCCC2)cc1OC. The predicted molar refractivity (Wildman–Crippen MR) is 111 cm³/mol. The molecule has 160 valence electrons. The molecule has 3 atom stereocenters. The highest BCUT2D eigenvalue weighted by atomic mass is 16.5. The van der Waals surface area contributed by atoms with Gasteiger partial charge in [0.25, 0.3) is 0 Å². The summed E-state index contributed by atoms with van der Waals surface area (Å²) in [5.74, 6) is 1.75. The highest BCUT2D eigenvalue weighted by Gasteiger charge is 2.49. The number of nitrogens with zero attached hydrogens (tertiary/aromatic N) is 2. The lowest BCUT2D eigenvalue weighted by Crippen LogP contribution is -2.56. The number of methoxy groups -OCH3 is 2. The average molecular weight is 403 g/mol. The maximum Gasteiger partial charge on any atom is 0.236 e. The first-order valence-electron chi connectivity index (χ1n) is 11.0. The van der Waals surface area contributed by atoms with Crippen LogP contribution in [0.4, 0.5) is 0 Å². The second kappa shape index (κ2) is 8.52. The van der Waals surface area contributed by atoms with E-state index in [0.717, 1.165) is 70.1 Å². The number of rotatable bonds is 5. The van der Waals surface area contributed by atoms with Crippen LogP contribution in [0.1, 0.15) is 56.6 Å². The third-order valence-electron chi connectivity index (χ3n) is 7.22. The van der Waals surface area contributed by atoms with Crippen molar-refractivity contribution in [3.05, 3.63) is 23.8 Å². The van der Waals surface area contributed by atoms with Gasteiger partial charge in [-0.1, -0.05) is 18.9 Å². The molecule has 1 aliphatic carbocycles. The van der Waals surface area contributed by atoms with Crippen molar-refractivity contribution in [3.8, 4) is 11.5 Å². The van der Waals surface area contributed by atoms with Crippen LogP contribution in [0.2, 0.25) is 0 Å². The quantitative estimate of drug-likeness (QED) is 0.820. The number of amides is 1. The number of hydrogen-bond acceptors (Lipinski definition) is 5. The molecule has 0 unspecified atom stereocenters. The van der Waals surface area contributed by atoms with Crippen molar-refractivity contribution in [2.45, 2.75) is 56.6 Å². The highest BCUT2D eigenvalue weighted by molar-refractivity contribution is 5.78. The van der Waals surface area contributed by atoms with Gasteiger partial charge in [0.2, 0.25) is 5.91 Å². The van der Waals surface area contributed by atoms with Gasteiger partial charge in [-0.25, -0.2) is 0 Å². The van der Waals surface area contributed by atoms with Crippen molar-refractivity contribution in [2.75, 3.05) is 40.4 Å². The number of aliphatic hydroxyl groups is 1. The van der Waals surface area contributed by atoms with E-state index in [9.17, 15) is 9.90 Å². The fourth-order valence-corrected chi connectivity index (χ4v) is 5.64. The van der Waals surface area contributed by atoms with E-state index in [4.69, 9.17) is 9.47 Å². The Morgan fingerprint density at radius 2 is 1.83 bits per heavy atom. The molecule has 0 bridgehead atoms. The standard InChI is InChI=1S/C23H34N2O4/c1-28-19-9-8-17(15-20(19)29-2)22-18-7-3-4-10-23(18,27)11-14-25(22)16-21(26)24-12-5-6-13-24/h8-9,15,18,22,27H,3-7,10-14,16H2,1-2H3/t18-,22-,23-/m0/s1. The summed E-state index contributed by atoms with van der Waals surface area (Å²) in [7, 11) is 3.28. The maximum atomic E-state index is 12.9. The van der Waals surface area contributed by atoms with Crippen LogP contribution in [0.3, 0.4) is 0 Å². The number of benzene rings is 1. The van der Waals surface area contributed by atoms with E-state index >= 15 is 0 Å². The number of carbonyl (C=O) groups excluding carboxylic acids is 1. The number of likely N-dealkylation sites (tertiary alicyclic amines) is 2. The van der Waals surface area contributed by atoms with Gasteiger partial charge in [-0.15, -0.1) is 0 Å². The summed E-state index contributed by atoms with van der Waals surface area (Å²) < 4.78 is 11.0. The van der Waals surface area contributed by atoms with Gasteiger partial charge in [-0.2, -0.15) is 0 Å². The van der Waals surface area contributed by atoms with Crippen molar-refractivity contribution in [2.24, 2.45) is 5.92 Å². The molecule has 2 heterocycles. The first-order chi connectivity index (χ1) is 14.1. The van der Waals surface area contributed by atoms with Crippen LogP contribution in [0.25, 0.3) is 0 Å². The number of hydrogen-bond donors (Lipinski definition) is 1. The van der Waals surface area contributed by atoms with Gasteiger partial charge in [0.15, 0.2) is 11.5 Å². The lowest BCUT2D eigenvalue weighted by Gasteiger charge is -2.52. The average Bonchev–Trinajstić information content (AvgIpc) is 3.28. The molecule has 2 saturated heterocycles. The zero-order chi connectivity index (χ0) is 20.4. The molecule has 6 nitrogen and oxygen atoms in total. The Kier molecular flexibility index (Phi) is 6.02. The van der Waals surface area contributed by atoms with E-state index in [1.54, 1.807) is 14.2 Å². The van der Waals surface area contributed by atoms with Gasteiger partial charge in [0.05, 0.1) is 26.4 Å². The minimum atomic E-state index is -0.636. The summed E-state index contributed by atoms with van der Waals surface area (Å²) in [5, 5.41) is 11.4.